The number of hydrogen-bond donors (Lipinski definition) is 0. The molecule has 0 aromatic heterocycles. The van der Waals surface area contributed by atoms with Crippen LogP contribution in [0.2, 0.25) is 0 Å². The summed E-state index contributed by atoms with van der Waals surface area (Å²) in [5.41, 5.74) is -2.48. The van der Waals surface area contributed by atoms with E-state index < -0.39 is 76.9 Å². The molecule has 250 valence electrons. The van der Waals surface area contributed by atoms with Crippen molar-refractivity contribution in [3.8, 4) is 0 Å². The molecule has 2 saturated heterocycles. The smallest absolute Gasteiger partial charge is 0.303 e. The summed E-state index contributed by atoms with van der Waals surface area (Å²) in [5.74, 6) is -3.05. The Morgan fingerprint density at radius 1 is 0.933 bits per heavy atom. The summed E-state index contributed by atoms with van der Waals surface area (Å²) in [7, 11) is 0. The van der Waals surface area contributed by atoms with Gasteiger partial charge in [0.05, 0.1) is 31.0 Å². The molecule has 0 bridgehead atoms. The third-order valence-corrected chi connectivity index (χ3v) is 10.9. The van der Waals surface area contributed by atoms with Gasteiger partial charge in [-0.2, -0.15) is 0 Å². The van der Waals surface area contributed by atoms with Crippen LogP contribution < -0.4 is 0 Å². The molecule has 1 spiro atoms. The molecule has 3 heterocycles. The summed E-state index contributed by atoms with van der Waals surface area (Å²) in [6, 6.07) is 0. The summed E-state index contributed by atoms with van der Waals surface area (Å²) >= 11 is 0. The number of esters is 4. The molecule has 5 rings (SSSR count). The van der Waals surface area contributed by atoms with Gasteiger partial charge in [-0.15, -0.1) is 0 Å². The van der Waals surface area contributed by atoms with Crippen molar-refractivity contribution in [2.75, 3.05) is 19.8 Å². The zero-order chi connectivity index (χ0) is 32.9. The Kier molecular flexibility index (Phi) is 9.16. The monoisotopic (exact) mass is 634 g/mol. The highest BCUT2D eigenvalue weighted by Gasteiger charge is 2.84. The van der Waals surface area contributed by atoms with Crippen LogP contribution in [0.5, 0.6) is 0 Å². The highest BCUT2D eigenvalue weighted by Crippen LogP contribution is 2.71. The van der Waals surface area contributed by atoms with Crippen molar-refractivity contribution < 1.29 is 57.1 Å². The van der Waals surface area contributed by atoms with E-state index in [2.05, 4.69) is 13.8 Å². The summed E-state index contributed by atoms with van der Waals surface area (Å²) in [6.07, 6.45) is 1.71. The van der Waals surface area contributed by atoms with Crippen molar-refractivity contribution in [3.63, 3.8) is 0 Å². The zero-order valence-corrected chi connectivity index (χ0v) is 27.4. The molecular weight excluding hydrogens is 588 g/mol. The normalized spacial score (nSPS) is 43.1. The topological polar surface area (TPSA) is 145 Å². The van der Waals surface area contributed by atoms with Crippen molar-refractivity contribution in [3.05, 3.63) is 24.0 Å². The first kappa shape index (κ1) is 33.4. The molecule has 1 unspecified atom stereocenters. The lowest BCUT2D eigenvalue weighted by Crippen LogP contribution is -2.79. The van der Waals surface area contributed by atoms with Crippen molar-refractivity contribution in [1.29, 1.82) is 0 Å². The third kappa shape index (κ3) is 5.56. The maximum absolute atomic E-state index is 12.7. The van der Waals surface area contributed by atoms with Gasteiger partial charge in [-0.3, -0.25) is 19.2 Å². The Labute approximate surface area is 264 Å². The largest absolute Gasteiger partial charge is 0.472 e. The van der Waals surface area contributed by atoms with Crippen LogP contribution in [0.15, 0.2) is 24.0 Å². The van der Waals surface area contributed by atoms with E-state index in [0.717, 1.165) is 5.57 Å². The fourth-order valence-corrected chi connectivity index (χ4v) is 8.60. The first-order valence-electron chi connectivity index (χ1n) is 15.7. The summed E-state index contributed by atoms with van der Waals surface area (Å²) < 4.78 is 49.5. The van der Waals surface area contributed by atoms with E-state index in [1.807, 2.05) is 26.0 Å². The lowest BCUT2D eigenvalue weighted by molar-refractivity contribution is -0.318. The number of carbonyl (C=O) groups is 4. The number of epoxide rings is 1. The molecule has 3 aliphatic heterocycles. The molecule has 2 aliphatic carbocycles. The fourth-order valence-electron chi connectivity index (χ4n) is 8.60. The lowest BCUT2D eigenvalue weighted by atomic mass is 9.40. The Bertz CT molecular complexity index is 1250. The van der Waals surface area contributed by atoms with E-state index in [1.54, 1.807) is 6.26 Å². The molecule has 12 nitrogen and oxygen atoms in total. The second kappa shape index (κ2) is 12.3. The van der Waals surface area contributed by atoms with Gasteiger partial charge in [0.25, 0.3) is 0 Å². The molecule has 12 atom stereocenters. The third-order valence-electron chi connectivity index (χ3n) is 10.9. The molecular formula is C33H46O12. The van der Waals surface area contributed by atoms with Crippen LogP contribution in [-0.2, 0) is 57.1 Å². The average molecular weight is 635 g/mol. The predicted molar refractivity (Wildman–Crippen MR) is 156 cm³/mol. The SMILES string of the molecule is C/C=C(\C)CO[C@@H]1[C@@H](OC(C)=O)[C@H](OC(C)=O)[C@]2(CO2)[C@]2(COC(C)=O)[C@@H](OC(C)=O)C[C@@H](C)[C@](C)(C3C[C@H]4C=CO[C@H]4O3)[C@@H]12. The molecule has 0 radical (unpaired) electrons. The summed E-state index contributed by atoms with van der Waals surface area (Å²) in [4.78, 5) is 50.7. The van der Waals surface area contributed by atoms with Crippen LogP contribution in [-0.4, -0.2) is 86.1 Å². The van der Waals surface area contributed by atoms with Gasteiger partial charge < -0.3 is 37.9 Å². The maximum Gasteiger partial charge on any atom is 0.303 e. The van der Waals surface area contributed by atoms with Crippen LogP contribution in [0.3, 0.4) is 0 Å². The number of carbonyl (C=O) groups excluding carboxylic acids is 4. The minimum absolute atomic E-state index is 0.0329. The number of hydrogen-bond acceptors (Lipinski definition) is 12. The van der Waals surface area contributed by atoms with Gasteiger partial charge in [0.2, 0.25) is 6.29 Å². The van der Waals surface area contributed by atoms with E-state index in [4.69, 9.17) is 37.9 Å². The molecule has 5 aliphatic rings. The first-order valence-corrected chi connectivity index (χ1v) is 15.7. The van der Waals surface area contributed by atoms with Gasteiger partial charge in [0.1, 0.15) is 24.4 Å². The second-order valence-corrected chi connectivity index (χ2v) is 13.4. The molecule has 0 aromatic carbocycles. The minimum atomic E-state index is -1.35. The molecule has 12 heteroatoms. The number of ether oxygens (including phenoxy) is 8. The quantitative estimate of drug-likeness (QED) is 0.159. The van der Waals surface area contributed by atoms with Crippen LogP contribution in [0.1, 0.15) is 68.2 Å². The molecule has 2 saturated carbocycles. The van der Waals surface area contributed by atoms with Gasteiger partial charge in [-0.1, -0.05) is 25.5 Å². The van der Waals surface area contributed by atoms with E-state index in [1.165, 1.54) is 27.7 Å². The van der Waals surface area contributed by atoms with Crippen LogP contribution in [0.25, 0.3) is 0 Å². The van der Waals surface area contributed by atoms with E-state index >= 15 is 0 Å². The molecule has 0 amide bonds. The Morgan fingerprint density at radius 3 is 2.16 bits per heavy atom. The standard InChI is InChI=1S/C33H46O12/c1-9-17(2)14-39-26-27(43-21(6)36)29(44-22(7)37)33(16-41-33)32(15-40-19(4)34)25(42-20(5)35)12-18(3)31(8,28(26)32)24-13-23-10-11-38-30(23)45-24/h9-11,18,23-30H,12-16H2,1-8H3/b17-9+/t18-,23-,24?,25+,26-,27-,28-,29+,30+,31-,32-,33-/m1/s1. The van der Waals surface area contributed by atoms with E-state index in [9.17, 15) is 19.2 Å². The second-order valence-electron chi connectivity index (χ2n) is 13.4. The average Bonchev–Trinajstić information content (AvgIpc) is 3.45. The highest BCUT2D eigenvalue weighted by molar-refractivity contribution is 5.69. The van der Waals surface area contributed by atoms with Gasteiger partial charge in [0, 0.05) is 44.9 Å². The maximum atomic E-state index is 12.7. The minimum Gasteiger partial charge on any atom is -0.472 e. The van der Waals surface area contributed by atoms with Crippen molar-refractivity contribution in [1.82, 2.24) is 0 Å². The van der Waals surface area contributed by atoms with E-state index in [-0.39, 0.29) is 37.8 Å². The van der Waals surface area contributed by atoms with Crippen LogP contribution in [0.4, 0.5) is 0 Å². The number of allylic oxidation sites excluding steroid dienone is 1. The molecule has 4 fully saturated rings. The molecule has 0 N–H and O–H groups in total. The zero-order valence-electron chi connectivity index (χ0n) is 27.4. The van der Waals surface area contributed by atoms with Gasteiger partial charge in [-0.05, 0) is 38.7 Å². The van der Waals surface area contributed by atoms with Gasteiger partial charge in [0.15, 0.2) is 12.2 Å². The van der Waals surface area contributed by atoms with Gasteiger partial charge in [-0.25, -0.2) is 0 Å². The number of rotatable bonds is 9. The Balaban J connectivity index is 1.79. The molecule has 45 heavy (non-hydrogen) atoms. The first-order chi connectivity index (χ1) is 21.2. The lowest BCUT2D eigenvalue weighted by Gasteiger charge is -2.67. The van der Waals surface area contributed by atoms with Crippen molar-refractivity contribution in [2.45, 2.75) is 111 Å². The van der Waals surface area contributed by atoms with Gasteiger partial charge >= 0.3 is 23.9 Å². The summed E-state index contributed by atoms with van der Waals surface area (Å²) in [6.45, 7) is 13.2. The highest BCUT2D eigenvalue weighted by atomic mass is 16.7. The Hall–Kier alpha value is -2.96. The van der Waals surface area contributed by atoms with E-state index in [0.29, 0.717) is 12.8 Å². The molecule has 0 aromatic rings. The van der Waals surface area contributed by atoms with Crippen molar-refractivity contribution >= 4 is 23.9 Å². The van der Waals surface area contributed by atoms with Crippen LogP contribution >= 0.6 is 0 Å². The van der Waals surface area contributed by atoms with Crippen LogP contribution in [0, 0.1) is 28.6 Å². The van der Waals surface area contributed by atoms with Crippen molar-refractivity contribution in [2.24, 2.45) is 28.6 Å². The predicted octanol–water partition coefficient (Wildman–Crippen LogP) is 3.40. The number of fused-ring (bicyclic) bond motifs is 3. The fraction of sp³-hybridized carbons (Fsp3) is 0.758. The Morgan fingerprint density at radius 2 is 1.60 bits per heavy atom. The summed E-state index contributed by atoms with van der Waals surface area (Å²) in [5, 5.41) is 0.